The number of methoxy groups -OCH3 is 1. The Labute approximate surface area is 93.3 Å². The van der Waals surface area contributed by atoms with E-state index in [2.05, 4.69) is 4.74 Å². The van der Waals surface area contributed by atoms with E-state index in [1.165, 1.54) is 19.2 Å². The first-order chi connectivity index (χ1) is 7.34. The Morgan fingerprint density at radius 2 is 2.00 bits per heavy atom. The molecule has 1 atom stereocenters. The normalized spacial score (nSPS) is 13.6. The van der Waals surface area contributed by atoms with E-state index in [9.17, 15) is 21.4 Å². The van der Waals surface area contributed by atoms with Crippen molar-refractivity contribution in [2.45, 2.75) is 10.4 Å². The number of hydrogen-bond acceptors (Lipinski definition) is 2. The van der Waals surface area contributed by atoms with Crippen LogP contribution in [0.5, 0.6) is 5.75 Å². The van der Waals surface area contributed by atoms with Crippen LogP contribution in [0.1, 0.15) is 5.56 Å². The van der Waals surface area contributed by atoms with E-state index in [-0.39, 0.29) is 11.3 Å². The zero-order chi connectivity index (χ0) is 12.3. The zero-order valence-electron chi connectivity index (χ0n) is 8.18. The van der Waals surface area contributed by atoms with Crippen molar-refractivity contribution in [3.05, 3.63) is 29.6 Å². The molecule has 90 valence electrons. The number of rotatable bonds is 3. The van der Waals surface area contributed by atoms with E-state index in [4.69, 9.17) is 0 Å². The van der Waals surface area contributed by atoms with Gasteiger partial charge in [0.05, 0.1) is 0 Å². The summed E-state index contributed by atoms with van der Waals surface area (Å²) in [5.74, 6) is -0.820. The van der Waals surface area contributed by atoms with Gasteiger partial charge < -0.3 is 0 Å². The summed E-state index contributed by atoms with van der Waals surface area (Å²) in [7, 11) is 1.25. The quantitative estimate of drug-likeness (QED) is 0.633. The summed E-state index contributed by atoms with van der Waals surface area (Å²) in [6.07, 6.45) is 0. The van der Waals surface area contributed by atoms with Gasteiger partial charge in [-0.15, -0.1) is 0 Å². The SMILES string of the molecule is COc1ccc(C[Se](=O)C(F)(F)F)cc1F. The van der Waals surface area contributed by atoms with Gasteiger partial charge in [-0.1, -0.05) is 0 Å². The molecule has 7 heteroatoms. The van der Waals surface area contributed by atoms with Gasteiger partial charge >= 0.3 is 92.8 Å². The molecule has 0 radical (unpaired) electrons. The second-order valence-electron chi connectivity index (χ2n) is 2.90. The zero-order valence-corrected chi connectivity index (χ0v) is 9.89. The number of alkyl halides is 3. The molecule has 0 aliphatic heterocycles. The van der Waals surface area contributed by atoms with Gasteiger partial charge in [-0.05, 0) is 0 Å². The van der Waals surface area contributed by atoms with Crippen molar-refractivity contribution < 1.29 is 26.1 Å². The van der Waals surface area contributed by atoms with E-state index >= 15 is 0 Å². The number of benzene rings is 1. The van der Waals surface area contributed by atoms with Crippen molar-refractivity contribution >= 4 is 13.8 Å². The van der Waals surface area contributed by atoms with E-state index < -0.39 is 30.0 Å². The summed E-state index contributed by atoms with van der Waals surface area (Å²) in [4.78, 5) is 0. The topological polar surface area (TPSA) is 26.3 Å². The Balaban J connectivity index is 2.84. The Hall–Kier alpha value is -0.941. The van der Waals surface area contributed by atoms with Crippen molar-refractivity contribution in [1.82, 2.24) is 0 Å². The van der Waals surface area contributed by atoms with Crippen LogP contribution in [0, 0.1) is 5.82 Å². The van der Waals surface area contributed by atoms with E-state index in [0.29, 0.717) is 0 Å². The third-order valence-electron chi connectivity index (χ3n) is 1.77. The molecule has 16 heavy (non-hydrogen) atoms. The third-order valence-corrected chi connectivity index (χ3v) is 4.10. The van der Waals surface area contributed by atoms with Gasteiger partial charge in [-0.2, -0.15) is 0 Å². The molecule has 0 saturated carbocycles. The van der Waals surface area contributed by atoms with Crippen LogP contribution in [0.4, 0.5) is 17.6 Å². The standard InChI is InChI=1S/C9H8F4O2Se/c1-15-8-3-2-6(4-7(8)10)5-16(14)9(11,12)13/h2-4H,5H2,1H3. The Kier molecular flexibility index (Phi) is 4.04. The molecule has 2 nitrogen and oxygen atoms in total. The van der Waals surface area contributed by atoms with E-state index in [1.807, 2.05) is 0 Å². The molecule has 0 aromatic heterocycles. The fraction of sp³-hybridized carbons (Fsp3) is 0.333. The van der Waals surface area contributed by atoms with Crippen LogP contribution in [0.3, 0.4) is 0 Å². The molecule has 0 N–H and O–H groups in total. The number of ether oxygens (including phenoxy) is 1. The van der Waals surface area contributed by atoms with E-state index in [0.717, 1.165) is 6.07 Å². The van der Waals surface area contributed by atoms with Crippen LogP contribution in [0.25, 0.3) is 0 Å². The number of hydrogen-bond donors (Lipinski definition) is 0. The fourth-order valence-electron chi connectivity index (χ4n) is 1.03. The molecule has 1 aromatic carbocycles. The molecule has 0 bridgehead atoms. The molecule has 0 heterocycles. The fourth-order valence-corrected chi connectivity index (χ4v) is 2.39. The van der Waals surface area contributed by atoms with Crippen molar-refractivity contribution in [3.8, 4) is 5.75 Å². The maximum atomic E-state index is 13.1. The number of halogens is 4. The summed E-state index contributed by atoms with van der Waals surface area (Å²) in [6.45, 7) is 0. The van der Waals surface area contributed by atoms with Gasteiger partial charge in [0, 0.05) is 0 Å². The second kappa shape index (κ2) is 4.93. The Bertz CT molecular complexity index is 403. The van der Waals surface area contributed by atoms with E-state index in [1.54, 1.807) is 0 Å². The first-order valence-corrected chi connectivity index (χ1v) is 6.89. The monoisotopic (exact) mass is 304 g/mol. The molecule has 0 aliphatic rings. The predicted molar refractivity (Wildman–Crippen MR) is 49.2 cm³/mol. The second-order valence-corrected chi connectivity index (χ2v) is 5.93. The van der Waals surface area contributed by atoms with Crippen LogP contribution in [0.2, 0.25) is 0 Å². The van der Waals surface area contributed by atoms with Gasteiger partial charge in [0.15, 0.2) is 0 Å². The first-order valence-electron chi connectivity index (χ1n) is 4.12. The average molecular weight is 303 g/mol. The first kappa shape index (κ1) is 13.1. The summed E-state index contributed by atoms with van der Waals surface area (Å²) < 4.78 is 64.6. The molecular weight excluding hydrogens is 295 g/mol. The minimum atomic E-state index is -4.68. The molecule has 0 aliphatic carbocycles. The summed E-state index contributed by atoms with van der Waals surface area (Å²) in [5.41, 5.74) is 0.0515. The van der Waals surface area contributed by atoms with Crippen molar-refractivity contribution in [1.29, 1.82) is 0 Å². The summed E-state index contributed by atoms with van der Waals surface area (Å²) in [5, 5.41) is -5.35. The average Bonchev–Trinajstić information content (AvgIpc) is 2.16. The molecular formula is C9H8F4O2Se. The van der Waals surface area contributed by atoms with Crippen LogP contribution in [-0.4, -0.2) is 26.0 Å². The van der Waals surface area contributed by atoms with Gasteiger partial charge in [-0.25, -0.2) is 0 Å². The Morgan fingerprint density at radius 1 is 1.38 bits per heavy atom. The summed E-state index contributed by atoms with van der Waals surface area (Å²) >= 11 is -3.98. The van der Waals surface area contributed by atoms with Gasteiger partial charge in [0.1, 0.15) is 0 Å². The van der Waals surface area contributed by atoms with Crippen molar-refractivity contribution in [2.24, 2.45) is 0 Å². The van der Waals surface area contributed by atoms with Gasteiger partial charge in [0.25, 0.3) is 0 Å². The molecule has 1 rings (SSSR count). The van der Waals surface area contributed by atoms with Crippen LogP contribution >= 0.6 is 0 Å². The van der Waals surface area contributed by atoms with Crippen molar-refractivity contribution in [2.75, 3.05) is 7.11 Å². The van der Waals surface area contributed by atoms with Crippen LogP contribution < -0.4 is 4.74 Å². The minimum absolute atomic E-state index is 0.0515. The van der Waals surface area contributed by atoms with Crippen LogP contribution in [0.15, 0.2) is 18.2 Å². The predicted octanol–water partition coefficient (Wildman–Crippen LogP) is 2.44. The van der Waals surface area contributed by atoms with Gasteiger partial charge in [0.2, 0.25) is 0 Å². The maximum absolute atomic E-state index is 13.1. The molecule has 0 fully saturated rings. The molecule has 1 aromatic rings. The molecule has 1 unspecified atom stereocenters. The summed E-state index contributed by atoms with van der Waals surface area (Å²) in [6, 6.07) is 3.38. The van der Waals surface area contributed by atoms with Crippen molar-refractivity contribution in [3.63, 3.8) is 0 Å². The Morgan fingerprint density at radius 3 is 2.44 bits per heavy atom. The van der Waals surface area contributed by atoms with Gasteiger partial charge in [-0.3, -0.25) is 0 Å². The van der Waals surface area contributed by atoms with Crippen LogP contribution in [-0.2, 0) is 9.15 Å². The third kappa shape index (κ3) is 3.28. The molecule has 0 amide bonds. The molecule has 0 saturated heterocycles. The molecule has 0 spiro atoms.